The zero-order valence-corrected chi connectivity index (χ0v) is 23.8. The number of carbonyl (C=O) groups excluding carboxylic acids is 1. The van der Waals surface area contributed by atoms with Crippen LogP contribution in [-0.4, -0.2) is 35.1 Å². The van der Waals surface area contributed by atoms with Gasteiger partial charge in [0.15, 0.2) is 0 Å². The fourth-order valence-electron chi connectivity index (χ4n) is 5.94. The van der Waals surface area contributed by atoms with Gasteiger partial charge < -0.3 is 26.0 Å². The number of hydrogen-bond donors (Lipinski definition) is 4. The molecule has 1 aromatic heterocycles. The number of aromatic nitrogens is 1. The Bertz CT molecular complexity index is 1740. The summed E-state index contributed by atoms with van der Waals surface area (Å²) < 4.78 is 14.3. The van der Waals surface area contributed by atoms with Gasteiger partial charge in [-0.1, -0.05) is 30.3 Å². The number of aromatic amines is 1. The van der Waals surface area contributed by atoms with E-state index in [-0.39, 0.29) is 23.3 Å². The smallest absolute Gasteiger partial charge is 0.252 e. The summed E-state index contributed by atoms with van der Waals surface area (Å²) in [4.78, 5) is 19.5. The van der Waals surface area contributed by atoms with E-state index in [1.165, 1.54) is 23.9 Å². The topological polar surface area (TPSA) is 94.4 Å². The Kier molecular flexibility index (Phi) is 7.43. The zero-order valence-electron chi connectivity index (χ0n) is 23.8. The molecule has 0 aliphatic carbocycles. The molecule has 1 amide bonds. The maximum Gasteiger partial charge on any atom is 0.252 e. The molecule has 214 valence electrons. The second-order valence-electron chi connectivity index (χ2n) is 11.3. The fourth-order valence-corrected chi connectivity index (χ4v) is 5.94. The lowest BCUT2D eigenvalue weighted by Gasteiger charge is -2.32. The van der Waals surface area contributed by atoms with E-state index in [1.54, 1.807) is 0 Å². The summed E-state index contributed by atoms with van der Waals surface area (Å²) in [6.45, 7) is 5.96. The van der Waals surface area contributed by atoms with Crippen LogP contribution < -0.4 is 16.0 Å². The van der Waals surface area contributed by atoms with Crippen LogP contribution in [0.4, 0.5) is 10.1 Å². The number of fused-ring (bicyclic) bond motifs is 1. The van der Waals surface area contributed by atoms with Crippen LogP contribution in [0.15, 0.2) is 84.9 Å². The van der Waals surface area contributed by atoms with Crippen LogP contribution in [0.2, 0.25) is 0 Å². The number of anilines is 1. The molecular weight excluding hydrogens is 527 g/mol. The van der Waals surface area contributed by atoms with Crippen molar-refractivity contribution in [2.45, 2.75) is 38.8 Å². The number of hydrogen-bond acceptors (Lipinski definition) is 4. The number of piperidine rings is 1. The molecule has 0 spiro atoms. The zero-order chi connectivity index (χ0) is 29.4. The second-order valence-corrected chi connectivity index (χ2v) is 11.3. The van der Waals surface area contributed by atoms with Crippen LogP contribution >= 0.6 is 0 Å². The first kappa shape index (κ1) is 27.5. The van der Waals surface area contributed by atoms with Gasteiger partial charge in [0.1, 0.15) is 11.6 Å². The first-order valence-corrected chi connectivity index (χ1v) is 14.4. The van der Waals surface area contributed by atoms with Gasteiger partial charge >= 0.3 is 0 Å². The maximum absolute atomic E-state index is 14.3. The van der Waals surface area contributed by atoms with Gasteiger partial charge in [0.05, 0.1) is 6.04 Å². The minimum Gasteiger partial charge on any atom is -0.508 e. The van der Waals surface area contributed by atoms with Crippen molar-refractivity contribution >= 4 is 22.5 Å². The molecule has 1 atom stereocenters. The van der Waals surface area contributed by atoms with Crippen LogP contribution in [0.1, 0.15) is 51.6 Å². The number of nitrogens with zero attached hydrogens (tertiary/aromatic N) is 1. The average molecular weight is 563 g/mol. The summed E-state index contributed by atoms with van der Waals surface area (Å²) in [5, 5.41) is 14.7. The lowest BCUT2D eigenvalue weighted by atomic mass is 9.95. The van der Waals surface area contributed by atoms with Crippen LogP contribution in [-0.2, 0) is 0 Å². The highest BCUT2D eigenvalue weighted by molar-refractivity contribution is 5.96. The van der Waals surface area contributed by atoms with Crippen molar-refractivity contribution in [2.24, 2.45) is 5.73 Å². The molecule has 6 nitrogen and oxygen atoms in total. The number of aryl methyl sites for hydroxylation is 2. The second kappa shape index (κ2) is 11.3. The number of nitrogens with one attached hydrogen (secondary N) is 2. The monoisotopic (exact) mass is 562 g/mol. The van der Waals surface area contributed by atoms with Crippen molar-refractivity contribution in [2.75, 3.05) is 18.0 Å². The van der Waals surface area contributed by atoms with Gasteiger partial charge in [-0.15, -0.1) is 0 Å². The van der Waals surface area contributed by atoms with E-state index in [0.29, 0.717) is 11.3 Å². The number of carbonyl (C=O) groups is 1. The predicted molar refractivity (Wildman–Crippen MR) is 166 cm³/mol. The molecule has 0 unspecified atom stereocenters. The van der Waals surface area contributed by atoms with Crippen LogP contribution in [0.25, 0.3) is 22.0 Å². The number of halogens is 1. The molecule has 7 heteroatoms. The van der Waals surface area contributed by atoms with Gasteiger partial charge in [0.2, 0.25) is 0 Å². The number of para-hydroxylation sites is 1. The van der Waals surface area contributed by atoms with Crippen molar-refractivity contribution in [3.05, 3.63) is 119 Å². The minimum atomic E-state index is -0.803. The number of amides is 1. The molecule has 5 N–H and O–H groups in total. The Morgan fingerprint density at radius 3 is 2.55 bits per heavy atom. The number of benzene rings is 4. The fraction of sp³-hybridized carbons (Fsp3) is 0.229. The number of rotatable bonds is 6. The molecule has 5 aromatic rings. The van der Waals surface area contributed by atoms with Gasteiger partial charge in [-0.05, 0) is 109 Å². The summed E-state index contributed by atoms with van der Waals surface area (Å²) in [6, 6.07) is 25.1. The van der Waals surface area contributed by atoms with Gasteiger partial charge in [0, 0.05) is 47.2 Å². The SMILES string of the molecule is Cc1cc(C(=O)N[C@@H](c2cc3ccccc3[nH]2)c2cc(F)ccc2O)cc(-c2ccc(N3CCC(N)CC3)cc2C)c1. The van der Waals surface area contributed by atoms with Crippen molar-refractivity contribution in [3.63, 3.8) is 0 Å². The predicted octanol–water partition coefficient (Wildman–Crippen LogP) is 6.74. The van der Waals surface area contributed by atoms with E-state index in [1.807, 2.05) is 49.4 Å². The minimum absolute atomic E-state index is 0.100. The molecule has 4 aromatic carbocycles. The van der Waals surface area contributed by atoms with E-state index in [4.69, 9.17) is 5.73 Å². The summed E-state index contributed by atoms with van der Waals surface area (Å²) in [5.74, 6) is -0.926. The Balaban J connectivity index is 1.32. The quantitative estimate of drug-likeness (QED) is 0.184. The highest BCUT2D eigenvalue weighted by atomic mass is 19.1. The van der Waals surface area contributed by atoms with E-state index >= 15 is 0 Å². The Morgan fingerprint density at radius 1 is 1.00 bits per heavy atom. The van der Waals surface area contributed by atoms with E-state index in [9.17, 15) is 14.3 Å². The lowest BCUT2D eigenvalue weighted by molar-refractivity contribution is 0.0942. The third kappa shape index (κ3) is 5.60. The standard InChI is InChI=1S/C35H35FN4O2/c1-21-15-24(29-9-8-28(17-22(29)2)40-13-11-27(37)12-14-40)18-25(16-21)35(42)39-34(30-20-26(36)7-10-33(30)41)32-19-23-5-3-4-6-31(23)38-32/h3-10,15-20,27,34,38,41H,11-14,37H2,1-2H3,(H,39,42)/t34-/m1/s1. The third-order valence-corrected chi connectivity index (χ3v) is 8.20. The first-order valence-electron chi connectivity index (χ1n) is 14.4. The number of nitrogens with two attached hydrogens (primary N) is 1. The van der Waals surface area contributed by atoms with E-state index in [0.717, 1.165) is 59.1 Å². The van der Waals surface area contributed by atoms with Crippen molar-refractivity contribution in [1.29, 1.82) is 0 Å². The largest absolute Gasteiger partial charge is 0.508 e. The van der Waals surface area contributed by atoms with Crippen LogP contribution in [0.3, 0.4) is 0 Å². The molecule has 1 aliphatic rings. The summed E-state index contributed by atoms with van der Waals surface area (Å²) in [5.41, 5.74) is 13.6. The van der Waals surface area contributed by atoms with Crippen molar-refractivity contribution in [1.82, 2.24) is 10.3 Å². The van der Waals surface area contributed by atoms with Crippen molar-refractivity contribution in [3.8, 4) is 16.9 Å². The highest BCUT2D eigenvalue weighted by Gasteiger charge is 2.24. The Hall–Kier alpha value is -4.62. The molecule has 42 heavy (non-hydrogen) atoms. The number of H-pyrrole nitrogens is 1. The third-order valence-electron chi connectivity index (χ3n) is 8.20. The molecule has 1 saturated heterocycles. The Morgan fingerprint density at radius 2 is 1.79 bits per heavy atom. The molecule has 0 radical (unpaired) electrons. The summed E-state index contributed by atoms with van der Waals surface area (Å²) >= 11 is 0. The number of phenolic OH excluding ortho intramolecular Hbond substituents is 1. The summed E-state index contributed by atoms with van der Waals surface area (Å²) in [6.07, 6.45) is 1.98. The molecule has 1 aliphatic heterocycles. The van der Waals surface area contributed by atoms with Gasteiger partial charge in [0.25, 0.3) is 5.91 Å². The molecule has 0 saturated carbocycles. The maximum atomic E-state index is 14.3. The highest BCUT2D eigenvalue weighted by Crippen LogP contribution is 2.33. The van der Waals surface area contributed by atoms with E-state index in [2.05, 4.69) is 46.4 Å². The molecule has 0 bridgehead atoms. The normalized spacial score (nSPS) is 14.7. The van der Waals surface area contributed by atoms with E-state index < -0.39 is 11.9 Å². The van der Waals surface area contributed by atoms with Gasteiger partial charge in [-0.25, -0.2) is 4.39 Å². The molecule has 1 fully saturated rings. The summed E-state index contributed by atoms with van der Waals surface area (Å²) in [7, 11) is 0. The molecular formula is C35H35FN4O2. The molecule has 2 heterocycles. The van der Waals surface area contributed by atoms with Crippen LogP contribution in [0.5, 0.6) is 5.75 Å². The average Bonchev–Trinajstić information content (AvgIpc) is 3.41. The van der Waals surface area contributed by atoms with Gasteiger partial charge in [-0.2, -0.15) is 0 Å². The van der Waals surface area contributed by atoms with Crippen molar-refractivity contribution < 1.29 is 14.3 Å². The first-order chi connectivity index (χ1) is 20.2. The Labute approximate surface area is 245 Å². The van der Waals surface area contributed by atoms with Gasteiger partial charge in [-0.3, -0.25) is 4.79 Å². The lowest BCUT2D eigenvalue weighted by Crippen LogP contribution is -2.39. The number of aromatic hydroxyl groups is 1. The van der Waals surface area contributed by atoms with Crippen LogP contribution in [0, 0.1) is 19.7 Å². The number of phenols is 1. The molecule has 6 rings (SSSR count).